The van der Waals surface area contributed by atoms with Crippen LogP contribution < -0.4 is 0 Å². The molecule has 0 N–H and O–H groups in total. The Morgan fingerprint density at radius 3 is 2.61 bits per heavy atom. The molecule has 5 rings (SSSR count). The Bertz CT molecular complexity index is 516. The van der Waals surface area contributed by atoms with Crippen molar-refractivity contribution in [2.24, 2.45) is 0 Å². The molecule has 5 aliphatic rings. The lowest BCUT2D eigenvalue weighted by atomic mass is 9.83. The molecule has 3 aliphatic heterocycles. The molecule has 2 aliphatic carbocycles. The van der Waals surface area contributed by atoms with Gasteiger partial charge in [0, 0.05) is 13.1 Å². The van der Waals surface area contributed by atoms with Crippen LogP contribution in [0.15, 0.2) is 5.70 Å². The molecule has 2 bridgehead atoms. The van der Waals surface area contributed by atoms with Crippen molar-refractivity contribution in [1.29, 1.82) is 0 Å². The molecule has 5 fully saturated rings. The van der Waals surface area contributed by atoms with Gasteiger partial charge in [0.25, 0.3) is 0 Å². The van der Waals surface area contributed by atoms with Crippen LogP contribution in [0.4, 0.5) is 0 Å². The molecule has 0 aromatic rings. The van der Waals surface area contributed by atoms with Gasteiger partial charge in [-0.1, -0.05) is 12.8 Å². The van der Waals surface area contributed by atoms with Gasteiger partial charge in [-0.05, 0) is 12.8 Å². The van der Waals surface area contributed by atoms with Gasteiger partial charge in [-0.3, -0.25) is 9.69 Å². The van der Waals surface area contributed by atoms with Crippen LogP contribution in [-0.2, 0) is 14.4 Å². The third-order valence-corrected chi connectivity index (χ3v) is 5.25. The van der Waals surface area contributed by atoms with E-state index in [2.05, 4.69) is 5.94 Å². The number of rotatable bonds is 1. The van der Waals surface area contributed by atoms with E-state index in [1.54, 1.807) is 0 Å². The van der Waals surface area contributed by atoms with E-state index in [-0.39, 0.29) is 11.3 Å². The maximum atomic E-state index is 12.1. The molecule has 5 nitrogen and oxygen atoms in total. The Morgan fingerprint density at radius 1 is 1.28 bits per heavy atom. The fourth-order valence-corrected chi connectivity index (χ4v) is 4.49. The van der Waals surface area contributed by atoms with E-state index in [1.165, 1.54) is 0 Å². The maximum absolute atomic E-state index is 12.1. The first kappa shape index (κ1) is 10.5. The van der Waals surface area contributed by atoms with Crippen LogP contribution in [0.1, 0.15) is 25.7 Å². The Balaban J connectivity index is 1.93. The van der Waals surface area contributed by atoms with Gasteiger partial charge >= 0.3 is 0 Å². The predicted molar refractivity (Wildman–Crippen MR) is 61.4 cm³/mol. The molecule has 94 valence electrons. The number of carbonyl (C=O) groups excluding carboxylic acids is 3. The zero-order valence-electron chi connectivity index (χ0n) is 10.0. The fourth-order valence-electron chi connectivity index (χ4n) is 4.49. The van der Waals surface area contributed by atoms with E-state index >= 15 is 0 Å². The van der Waals surface area contributed by atoms with Crippen LogP contribution in [0, 0.1) is 0 Å². The van der Waals surface area contributed by atoms with Crippen molar-refractivity contribution in [3.05, 3.63) is 5.70 Å². The highest BCUT2D eigenvalue weighted by molar-refractivity contribution is 6.25. The van der Waals surface area contributed by atoms with Crippen LogP contribution in [0.25, 0.3) is 0 Å². The zero-order chi connectivity index (χ0) is 12.5. The SMILES string of the molecule is O=C=C1N2CCN(C13CCCC3)C1(C=O)C(=O)C21. The second-order valence-corrected chi connectivity index (χ2v) is 5.74. The molecule has 0 aromatic heterocycles. The van der Waals surface area contributed by atoms with Crippen molar-refractivity contribution < 1.29 is 14.4 Å². The molecule has 0 radical (unpaired) electrons. The molecule has 5 heteroatoms. The van der Waals surface area contributed by atoms with Gasteiger partial charge in [0.15, 0.2) is 17.6 Å². The van der Waals surface area contributed by atoms with Gasteiger partial charge in [-0.2, -0.15) is 0 Å². The van der Waals surface area contributed by atoms with E-state index in [4.69, 9.17) is 0 Å². The van der Waals surface area contributed by atoms with Crippen LogP contribution in [0.3, 0.4) is 0 Å². The van der Waals surface area contributed by atoms with Gasteiger partial charge in [0.05, 0.1) is 5.54 Å². The summed E-state index contributed by atoms with van der Waals surface area (Å²) in [4.78, 5) is 38.8. The number of hydrogen-bond acceptors (Lipinski definition) is 5. The normalized spacial score (nSPS) is 43.0. The number of hydrogen-bond donors (Lipinski definition) is 0. The lowest BCUT2D eigenvalue weighted by molar-refractivity contribution is -0.128. The summed E-state index contributed by atoms with van der Waals surface area (Å²) in [5.41, 5.74) is -0.702. The second kappa shape index (κ2) is 2.92. The largest absolute Gasteiger partial charge is 0.350 e. The first-order valence-electron chi connectivity index (χ1n) is 6.53. The van der Waals surface area contributed by atoms with Crippen molar-refractivity contribution in [1.82, 2.24) is 9.80 Å². The van der Waals surface area contributed by atoms with Gasteiger partial charge in [0.2, 0.25) is 0 Å². The number of carbonyl (C=O) groups is 2. The van der Waals surface area contributed by atoms with Crippen LogP contribution in [0.5, 0.6) is 0 Å². The standard InChI is InChI=1S/C13H14N2O3/c16-7-9-12(3-1-2-4-12)15-6-5-14(9)10-11(18)13(10,15)8-17/h8,10H,1-6H2. The van der Waals surface area contributed by atoms with Crippen molar-refractivity contribution in [3.8, 4) is 0 Å². The fraction of sp³-hybridized carbons (Fsp3) is 0.692. The molecule has 18 heavy (non-hydrogen) atoms. The van der Waals surface area contributed by atoms with Crippen LogP contribution in [-0.4, -0.2) is 58.0 Å². The summed E-state index contributed by atoms with van der Waals surface area (Å²) in [5, 5.41) is 0. The molecular formula is C13H14N2O3. The smallest absolute Gasteiger partial charge is 0.188 e. The molecule has 3 saturated heterocycles. The molecule has 3 atom stereocenters. The lowest BCUT2D eigenvalue weighted by Gasteiger charge is -2.56. The molecule has 2 saturated carbocycles. The summed E-state index contributed by atoms with van der Waals surface area (Å²) >= 11 is 0. The van der Waals surface area contributed by atoms with E-state index in [0.717, 1.165) is 32.0 Å². The maximum Gasteiger partial charge on any atom is 0.188 e. The minimum atomic E-state index is -0.942. The van der Waals surface area contributed by atoms with Gasteiger partial charge in [-0.25, -0.2) is 4.79 Å². The number of aldehydes is 1. The Hall–Kier alpha value is -1.45. The minimum Gasteiger partial charge on any atom is -0.350 e. The number of nitrogens with zero attached hydrogens (tertiary/aromatic N) is 2. The third-order valence-electron chi connectivity index (χ3n) is 5.25. The molecule has 0 aromatic carbocycles. The van der Waals surface area contributed by atoms with E-state index in [1.807, 2.05) is 9.80 Å². The average molecular weight is 246 g/mol. The lowest BCUT2D eigenvalue weighted by Crippen LogP contribution is -2.70. The minimum absolute atomic E-state index is 0.0356. The topological polar surface area (TPSA) is 57.7 Å². The second-order valence-electron chi connectivity index (χ2n) is 5.74. The highest BCUT2D eigenvalue weighted by atomic mass is 16.2. The third kappa shape index (κ3) is 0.807. The van der Waals surface area contributed by atoms with Gasteiger partial charge in [-0.15, -0.1) is 0 Å². The number of ketones is 1. The van der Waals surface area contributed by atoms with Crippen LogP contribution in [0.2, 0.25) is 0 Å². The van der Waals surface area contributed by atoms with Crippen LogP contribution >= 0.6 is 0 Å². The first-order valence-corrected chi connectivity index (χ1v) is 6.53. The average Bonchev–Trinajstić information content (AvgIpc) is 2.79. The Morgan fingerprint density at radius 2 is 2.00 bits per heavy atom. The summed E-state index contributed by atoms with van der Waals surface area (Å²) in [5.74, 6) is 2.03. The van der Waals surface area contributed by atoms with Crippen molar-refractivity contribution >= 4 is 18.0 Å². The summed E-state index contributed by atoms with van der Waals surface area (Å²) in [7, 11) is 0. The molecule has 3 unspecified atom stereocenters. The first-order chi connectivity index (χ1) is 8.72. The van der Waals surface area contributed by atoms with E-state index < -0.39 is 11.6 Å². The highest BCUT2D eigenvalue weighted by Gasteiger charge is 2.80. The zero-order valence-corrected chi connectivity index (χ0v) is 10.0. The summed E-state index contributed by atoms with van der Waals surface area (Å²) in [6.45, 7) is 1.37. The Labute approximate surface area is 104 Å². The van der Waals surface area contributed by atoms with Crippen molar-refractivity contribution in [3.63, 3.8) is 0 Å². The number of Topliss-reactive ketones (excluding diaryl/α,β-unsaturated/α-hetero) is 1. The van der Waals surface area contributed by atoms with E-state index in [9.17, 15) is 14.4 Å². The highest BCUT2D eigenvalue weighted by Crippen LogP contribution is 2.58. The molecular weight excluding hydrogens is 232 g/mol. The monoisotopic (exact) mass is 246 g/mol. The molecule has 0 amide bonds. The quantitative estimate of drug-likeness (QED) is 0.356. The van der Waals surface area contributed by atoms with E-state index in [0.29, 0.717) is 18.8 Å². The summed E-state index contributed by atoms with van der Waals surface area (Å²) in [6, 6.07) is -0.411. The molecule has 1 spiro atoms. The molecule has 3 heterocycles. The number of fused-ring (bicyclic) bond motifs is 1. The number of piperazine rings is 3. The Kier molecular flexibility index (Phi) is 1.70. The summed E-state index contributed by atoms with van der Waals surface area (Å²) in [6.07, 6.45) is 4.62. The van der Waals surface area contributed by atoms with Crippen molar-refractivity contribution in [2.45, 2.75) is 42.8 Å². The van der Waals surface area contributed by atoms with Crippen molar-refractivity contribution in [2.75, 3.05) is 13.1 Å². The summed E-state index contributed by atoms with van der Waals surface area (Å²) < 4.78 is 0. The predicted octanol–water partition coefficient (Wildman–Crippen LogP) is -0.465. The van der Waals surface area contributed by atoms with Gasteiger partial charge in [0.1, 0.15) is 17.7 Å². The van der Waals surface area contributed by atoms with Gasteiger partial charge < -0.3 is 9.69 Å².